The van der Waals surface area contributed by atoms with Crippen molar-refractivity contribution < 1.29 is 4.52 Å². The predicted octanol–water partition coefficient (Wildman–Crippen LogP) is 1.87. The fourth-order valence-corrected chi connectivity index (χ4v) is 1.71. The Labute approximate surface area is 115 Å². The van der Waals surface area contributed by atoms with Crippen molar-refractivity contribution in [2.24, 2.45) is 10.9 Å². The second kappa shape index (κ2) is 8.50. The second-order valence-corrected chi connectivity index (χ2v) is 4.49. The molecule has 0 saturated heterocycles. The van der Waals surface area contributed by atoms with E-state index in [1.807, 2.05) is 6.92 Å². The molecule has 0 fully saturated rings. The maximum atomic E-state index is 5.04. The number of nitrogens with zero attached hydrogens (tertiary/aromatic N) is 3. The Balaban J connectivity index is 2.50. The average molecular weight is 267 g/mol. The number of hydrogen-bond donors (Lipinski definition) is 2. The molecule has 108 valence electrons. The fraction of sp³-hybridized carbons (Fsp3) is 0.769. The highest BCUT2D eigenvalue weighted by Gasteiger charge is 2.06. The van der Waals surface area contributed by atoms with E-state index in [2.05, 4.69) is 39.6 Å². The van der Waals surface area contributed by atoms with Crippen LogP contribution in [0, 0.1) is 12.8 Å². The van der Waals surface area contributed by atoms with Crippen molar-refractivity contribution in [2.45, 2.75) is 47.1 Å². The zero-order chi connectivity index (χ0) is 14.1. The number of hydrogen-bond acceptors (Lipinski definition) is 4. The lowest BCUT2D eigenvalue weighted by molar-refractivity contribution is 0.376. The Hall–Kier alpha value is -1.59. The van der Waals surface area contributed by atoms with Crippen molar-refractivity contribution in [1.82, 2.24) is 20.8 Å². The first-order valence-electron chi connectivity index (χ1n) is 7.00. The lowest BCUT2D eigenvalue weighted by Gasteiger charge is -2.16. The summed E-state index contributed by atoms with van der Waals surface area (Å²) in [6.45, 7) is 10.4. The summed E-state index contributed by atoms with van der Waals surface area (Å²) in [5.41, 5.74) is 0. The van der Waals surface area contributed by atoms with E-state index in [9.17, 15) is 0 Å². The molecule has 0 aliphatic carbocycles. The molecular weight excluding hydrogens is 242 g/mol. The molecule has 2 N–H and O–H groups in total. The van der Waals surface area contributed by atoms with E-state index in [0.717, 1.165) is 19.0 Å². The lowest BCUT2D eigenvalue weighted by atomic mass is 10.0. The molecule has 0 bridgehead atoms. The number of aromatic nitrogens is 2. The van der Waals surface area contributed by atoms with Crippen molar-refractivity contribution in [2.75, 3.05) is 13.1 Å². The highest BCUT2D eigenvalue weighted by atomic mass is 16.5. The van der Waals surface area contributed by atoms with Crippen molar-refractivity contribution >= 4 is 5.96 Å². The normalized spacial score (nSPS) is 11.9. The van der Waals surface area contributed by atoms with Crippen molar-refractivity contribution in [3.63, 3.8) is 0 Å². The van der Waals surface area contributed by atoms with Crippen LogP contribution in [0.4, 0.5) is 0 Å². The SMILES string of the molecule is CCNC(=NCc1nc(C)no1)NCC(CC)CC. The topological polar surface area (TPSA) is 75.3 Å². The second-order valence-electron chi connectivity index (χ2n) is 4.49. The smallest absolute Gasteiger partial charge is 0.248 e. The largest absolute Gasteiger partial charge is 0.357 e. The molecule has 0 aliphatic rings. The Kier molecular flexibility index (Phi) is 6.92. The number of aliphatic imine (C=N–C) groups is 1. The third-order valence-corrected chi connectivity index (χ3v) is 3.00. The molecule has 1 heterocycles. The number of aryl methyl sites for hydroxylation is 1. The van der Waals surface area contributed by atoms with Crippen LogP contribution in [0.1, 0.15) is 45.3 Å². The molecule has 1 rings (SSSR count). The van der Waals surface area contributed by atoms with Crippen LogP contribution in [-0.2, 0) is 6.54 Å². The van der Waals surface area contributed by atoms with Crippen LogP contribution in [0.2, 0.25) is 0 Å². The van der Waals surface area contributed by atoms with Gasteiger partial charge in [-0.2, -0.15) is 4.98 Å². The third-order valence-electron chi connectivity index (χ3n) is 3.00. The molecule has 6 heteroatoms. The van der Waals surface area contributed by atoms with Gasteiger partial charge < -0.3 is 15.2 Å². The van der Waals surface area contributed by atoms with Gasteiger partial charge in [-0.25, -0.2) is 4.99 Å². The van der Waals surface area contributed by atoms with E-state index in [4.69, 9.17) is 4.52 Å². The minimum atomic E-state index is 0.402. The van der Waals surface area contributed by atoms with Gasteiger partial charge in [0.2, 0.25) is 5.89 Å². The molecule has 0 aromatic carbocycles. The van der Waals surface area contributed by atoms with Gasteiger partial charge in [0.15, 0.2) is 11.8 Å². The summed E-state index contributed by atoms with van der Waals surface area (Å²) in [5.74, 6) is 2.65. The molecule has 1 aromatic rings. The molecule has 0 amide bonds. The van der Waals surface area contributed by atoms with Gasteiger partial charge in [-0.3, -0.25) is 0 Å². The predicted molar refractivity (Wildman–Crippen MR) is 75.9 cm³/mol. The van der Waals surface area contributed by atoms with Crippen LogP contribution in [-0.4, -0.2) is 29.2 Å². The molecule has 6 nitrogen and oxygen atoms in total. The van der Waals surface area contributed by atoms with Gasteiger partial charge in [-0.05, 0) is 19.8 Å². The molecule has 0 unspecified atom stereocenters. The minimum absolute atomic E-state index is 0.402. The molecule has 0 radical (unpaired) electrons. The van der Waals surface area contributed by atoms with E-state index in [1.54, 1.807) is 6.92 Å². The highest BCUT2D eigenvalue weighted by molar-refractivity contribution is 5.79. The maximum Gasteiger partial charge on any atom is 0.248 e. The minimum Gasteiger partial charge on any atom is -0.357 e. The van der Waals surface area contributed by atoms with Gasteiger partial charge in [-0.15, -0.1) is 0 Å². The number of rotatable bonds is 7. The van der Waals surface area contributed by atoms with Crippen LogP contribution in [0.3, 0.4) is 0 Å². The van der Waals surface area contributed by atoms with E-state index >= 15 is 0 Å². The van der Waals surface area contributed by atoms with Gasteiger partial charge in [-0.1, -0.05) is 31.8 Å². The third kappa shape index (κ3) is 5.72. The first-order valence-corrected chi connectivity index (χ1v) is 7.00. The molecule has 19 heavy (non-hydrogen) atoms. The van der Waals surface area contributed by atoms with Crippen LogP contribution in [0.25, 0.3) is 0 Å². The molecular formula is C13H25N5O. The van der Waals surface area contributed by atoms with Gasteiger partial charge in [0.05, 0.1) is 0 Å². The summed E-state index contributed by atoms with van der Waals surface area (Å²) in [7, 11) is 0. The van der Waals surface area contributed by atoms with E-state index < -0.39 is 0 Å². The molecule has 1 aromatic heterocycles. The van der Waals surface area contributed by atoms with Crippen molar-refractivity contribution in [1.29, 1.82) is 0 Å². The summed E-state index contributed by atoms with van der Waals surface area (Å²) in [5, 5.41) is 10.3. The molecule has 0 atom stereocenters. The van der Waals surface area contributed by atoms with Gasteiger partial charge >= 0.3 is 0 Å². The summed E-state index contributed by atoms with van der Waals surface area (Å²) in [6.07, 6.45) is 2.34. The number of guanidine groups is 1. The van der Waals surface area contributed by atoms with Crippen LogP contribution >= 0.6 is 0 Å². The van der Waals surface area contributed by atoms with Gasteiger partial charge in [0, 0.05) is 13.1 Å². The highest BCUT2D eigenvalue weighted by Crippen LogP contribution is 2.05. The van der Waals surface area contributed by atoms with E-state index in [1.165, 1.54) is 12.8 Å². The monoisotopic (exact) mass is 267 g/mol. The molecule has 0 aliphatic heterocycles. The van der Waals surface area contributed by atoms with Crippen molar-refractivity contribution in [3.8, 4) is 0 Å². The van der Waals surface area contributed by atoms with Crippen LogP contribution < -0.4 is 10.6 Å². The first-order chi connectivity index (χ1) is 9.19. The standard InChI is InChI=1S/C13H25N5O/c1-5-11(6-2)8-15-13(14-7-3)16-9-12-17-10(4)18-19-12/h11H,5-9H2,1-4H3,(H2,14,15,16). The number of nitrogens with one attached hydrogen (secondary N) is 2. The fourth-order valence-electron chi connectivity index (χ4n) is 1.71. The quantitative estimate of drug-likeness (QED) is 0.582. The zero-order valence-corrected chi connectivity index (χ0v) is 12.4. The summed E-state index contributed by atoms with van der Waals surface area (Å²) < 4.78 is 5.04. The van der Waals surface area contributed by atoms with Gasteiger partial charge in [0.1, 0.15) is 6.54 Å². The van der Waals surface area contributed by atoms with Crippen LogP contribution in [0.15, 0.2) is 9.52 Å². The van der Waals surface area contributed by atoms with E-state index in [-0.39, 0.29) is 0 Å². The Morgan fingerprint density at radius 1 is 1.26 bits per heavy atom. The summed E-state index contributed by atoms with van der Waals surface area (Å²) in [4.78, 5) is 8.57. The lowest BCUT2D eigenvalue weighted by Crippen LogP contribution is -2.39. The Morgan fingerprint density at radius 3 is 2.53 bits per heavy atom. The molecule has 0 spiro atoms. The Morgan fingerprint density at radius 2 is 2.00 bits per heavy atom. The Bertz CT molecular complexity index is 384. The van der Waals surface area contributed by atoms with Gasteiger partial charge in [0.25, 0.3) is 0 Å². The molecule has 0 saturated carbocycles. The van der Waals surface area contributed by atoms with E-state index in [0.29, 0.717) is 24.2 Å². The van der Waals surface area contributed by atoms with Crippen LogP contribution in [0.5, 0.6) is 0 Å². The first kappa shape index (κ1) is 15.5. The maximum absolute atomic E-state index is 5.04. The van der Waals surface area contributed by atoms with Crippen molar-refractivity contribution in [3.05, 3.63) is 11.7 Å². The zero-order valence-electron chi connectivity index (χ0n) is 12.4. The summed E-state index contributed by atoms with van der Waals surface area (Å²) >= 11 is 0. The average Bonchev–Trinajstić information content (AvgIpc) is 2.82. The summed E-state index contributed by atoms with van der Waals surface area (Å²) in [6, 6.07) is 0.